The second-order valence-corrected chi connectivity index (χ2v) is 12.1. The Morgan fingerprint density at radius 2 is 1.63 bits per heavy atom. The van der Waals surface area contributed by atoms with Gasteiger partial charge in [0.15, 0.2) is 0 Å². The van der Waals surface area contributed by atoms with E-state index in [2.05, 4.69) is 10.3 Å². The second kappa shape index (κ2) is 11.6. The van der Waals surface area contributed by atoms with Crippen LogP contribution in [-0.2, 0) is 10.3 Å². The number of benzene rings is 2. The highest BCUT2D eigenvalue weighted by Crippen LogP contribution is 2.46. The van der Waals surface area contributed by atoms with Crippen LogP contribution in [0.1, 0.15) is 64.4 Å². The maximum atomic E-state index is 13.0. The van der Waals surface area contributed by atoms with Gasteiger partial charge < -0.3 is 26.2 Å². The Balaban J connectivity index is 1.29. The van der Waals surface area contributed by atoms with Crippen molar-refractivity contribution in [1.29, 1.82) is 0 Å². The largest absolute Gasteiger partial charge is 0.465 e. The summed E-state index contributed by atoms with van der Waals surface area (Å²) in [5, 5.41) is 22.6. The molecule has 2 saturated carbocycles. The van der Waals surface area contributed by atoms with E-state index in [0.29, 0.717) is 31.6 Å². The van der Waals surface area contributed by atoms with Crippen LogP contribution >= 0.6 is 0 Å². The van der Waals surface area contributed by atoms with E-state index in [-0.39, 0.29) is 17.9 Å². The van der Waals surface area contributed by atoms with Crippen molar-refractivity contribution in [3.8, 4) is 22.3 Å². The Kier molecular flexibility index (Phi) is 8.16. The molecule has 216 valence electrons. The molecule has 8 nitrogen and oxygen atoms in total. The Morgan fingerprint density at radius 1 is 1.00 bits per heavy atom. The first-order valence-corrected chi connectivity index (χ1v) is 14.5. The van der Waals surface area contributed by atoms with Crippen molar-refractivity contribution in [1.82, 2.24) is 9.88 Å². The summed E-state index contributed by atoms with van der Waals surface area (Å²) in [6, 6.07) is 20.1. The van der Waals surface area contributed by atoms with Gasteiger partial charge in [0, 0.05) is 36.3 Å². The fraction of sp³-hybridized carbons (Fsp3) is 0.424. The molecule has 2 amide bonds. The molecule has 0 atom stereocenters. The lowest BCUT2D eigenvalue weighted by Gasteiger charge is -2.49. The number of pyridine rings is 1. The quantitative estimate of drug-likeness (QED) is 0.269. The number of hydrogen-bond acceptors (Lipinski definition) is 5. The van der Waals surface area contributed by atoms with Crippen LogP contribution in [0.3, 0.4) is 0 Å². The van der Waals surface area contributed by atoms with Gasteiger partial charge in [-0.25, -0.2) is 9.78 Å². The number of nitrogens with one attached hydrogen (secondary N) is 1. The molecule has 0 unspecified atom stereocenters. The van der Waals surface area contributed by atoms with Gasteiger partial charge in [-0.15, -0.1) is 0 Å². The number of rotatable bonds is 8. The van der Waals surface area contributed by atoms with Crippen molar-refractivity contribution in [2.24, 2.45) is 11.7 Å². The maximum Gasteiger partial charge on any atom is 0.407 e. The summed E-state index contributed by atoms with van der Waals surface area (Å²) >= 11 is 0. The SMILES string of the molecule is CCN(C(=O)O)C1CCC(CC(=O)Nc2cc(-c3ccccc3)c(-c3ccc(C4(N)CC(C)(O)C4)cc3)cn2)CC1. The van der Waals surface area contributed by atoms with Crippen LogP contribution in [0.25, 0.3) is 22.3 Å². The van der Waals surface area contributed by atoms with E-state index in [4.69, 9.17) is 5.73 Å². The van der Waals surface area contributed by atoms with Gasteiger partial charge >= 0.3 is 6.09 Å². The first-order valence-electron chi connectivity index (χ1n) is 14.5. The molecular formula is C33H40N4O4. The second-order valence-electron chi connectivity index (χ2n) is 12.1. The molecule has 8 heteroatoms. The first-order chi connectivity index (χ1) is 19.6. The number of nitrogens with two attached hydrogens (primary N) is 1. The molecule has 2 aromatic carbocycles. The standard InChI is InChI=1S/C33H40N4O4/c1-3-37(31(39)40)26-15-9-22(10-16-26)17-30(38)36-29-18-27(23-7-5-4-6-8-23)28(19-35-29)24-11-13-25(14-12-24)33(34)20-32(2,41)21-33/h4-8,11-14,18-19,22,26,41H,3,9-10,15-17,20-21,34H2,1-2H3,(H,39,40)(H,35,36,38). The maximum absolute atomic E-state index is 13.0. The molecule has 0 aliphatic heterocycles. The third-order valence-electron chi connectivity index (χ3n) is 8.74. The molecular weight excluding hydrogens is 516 g/mol. The zero-order chi connectivity index (χ0) is 29.2. The summed E-state index contributed by atoms with van der Waals surface area (Å²) in [5.41, 5.74) is 10.2. The minimum Gasteiger partial charge on any atom is -0.465 e. The number of carbonyl (C=O) groups is 2. The van der Waals surface area contributed by atoms with E-state index < -0.39 is 17.2 Å². The summed E-state index contributed by atoms with van der Waals surface area (Å²) < 4.78 is 0. The molecule has 0 bridgehead atoms. The number of anilines is 1. The van der Waals surface area contributed by atoms with Gasteiger partial charge in [-0.2, -0.15) is 0 Å². The summed E-state index contributed by atoms with van der Waals surface area (Å²) in [7, 11) is 0. The van der Waals surface area contributed by atoms with Gasteiger partial charge in [0.2, 0.25) is 5.91 Å². The van der Waals surface area contributed by atoms with Crippen molar-refractivity contribution in [2.75, 3.05) is 11.9 Å². The van der Waals surface area contributed by atoms with E-state index in [1.54, 1.807) is 6.20 Å². The number of carbonyl (C=O) groups excluding carboxylic acids is 1. The van der Waals surface area contributed by atoms with Gasteiger partial charge in [-0.1, -0.05) is 54.6 Å². The van der Waals surface area contributed by atoms with Crippen molar-refractivity contribution < 1.29 is 19.8 Å². The molecule has 5 rings (SSSR count). The van der Waals surface area contributed by atoms with Gasteiger partial charge in [0.25, 0.3) is 0 Å². The molecule has 2 aliphatic rings. The third-order valence-corrected chi connectivity index (χ3v) is 8.74. The Hall–Kier alpha value is -3.75. The molecule has 1 aromatic heterocycles. The lowest BCUT2D eigenvalue weighted by molar-refractivity contribution is -0.117. The minimum absolute atomic E-state index is 0.0347. The van der Waals surface area contributed by atoms with Crippen molar-refractivity contribution in [2.45, 2.75) is 76.0 Å². The average molecular weight is 557 g/mol. The minimum atomic E-state index is -0.871. The fourth-order valence-electron chi connectivity index (χ4n) is 6.77. The van der Waals surface area contributed by atoms with E-state index in [1.807, 2.05) is 74.5 Å². The molecule has 5 N–H and O–H groups in total. The van der Waals surface area contributed by atoms with Gasteiger partial charge in [0.1, 0.15) is 5.82 Å². The van der Waals surface area contributed by atoms with Crippen LogP contribution in [-0.4, -0.2) is 50.3 Å². The fourth-order valence-corrected chi connectivity index (χ4v) is 6.77. The van der Waals surface area contributed by atoms with Crippen molar-refractivity contribution in [3.63, 3.8) is 0 Å². The van der Waals surface area contributed by atoms with Crippen molar-refractivity contribution >= 4 is 17.8 Å². The van der Waals surface area contributed by atoms with Crippen LogP contribution in [0, 0.1) is 5.92 Å². The van der Waals surface area contributed by atoms with Crippen LogP contribution < -0.4 is 11.1 Å². The lowest BCUT2D eigenvalue weighted by Crippen LogP contribution is -2.58. The Morgan fingerprint density at radius 3 is 2.22 bits per heavy atom. The molecule has 1 heterocycles. The Bertz CT molecular complexity index is 1370. The molecule has 0 radical (unpaired) electrons. The Labute approximate surface area is 241 Å². The van der Waals surface area contributed by atoms with E-state index in [0.717, 1.165) is 53.5 Å². The summed E-state index contributed by atoms with van der Waals surface area (Å²) in [5.74, 6) is 0.658. The smallest absolute Gasteiger partial charge is 0.407 e. The zero-order valence-electron chi connectivity index (χ0n) is 23.8. The number of aromatic nitrogens is 1. The monoisotopic (exact) mass is 556 g/mol. The van der Waals surface area contributed by atoms with Crippen molar-refractivity contribution in [3.05, 3.63) is 72.4 Å². The highest BCUT2D eigenvalue weighted by atomic mass is 16.4. The molecule has 3 aromatic rings. The van der Waals surface area contributed by atoms with Gasteiger partial charge in [-0.3, -0.25) is 4.79 Å². The third kappa shape index (κ3) is 6.44. The van der Waals surface area contributed by atoms with Gasteiger partial charge in [-0.05, 0) is 86.6 Å². The molecule has 41 heavy (non-hydrogen) atoms. The van der Waals surface area contributed by atoms with Crippen LogP contribution in [0.4, 0.5) is 10.6 Å². The average Bonchev–Trinajstić information content (AvgIpc) is 2.93. The molecule has 2 fully saturated rings. The summed E-state index contributed by atoms with van der Waals surface area (Å²) in [4.78, 5) is 30.6. The van der Waals surface area contributed by atoms with E-state index in [1.165, 1.54) is 4.90 Å². The van der Waals surface area contributed by atoms with Gasteiger partial charge in [0.05, 0.1) is 5.60 Å². The lowest BCUT2D eigenvalue weighted by atomic mass is 9.63. The summed E-state index contributed by atoms with van der Waals surface area (Å²) in [6.07, 6.45) is 5.63. The normalized spacial score (nSPS) is 25.7. The highest BCUT2D eigenvalue weighted by Gasteiger charge is 2.49. The molecule has 0 spiro atoms. The first kappa shape index (κ1) is 28.8. The number of nitrogens with zero attached hydrogens (tertiary/aromatic N) is 2. The van der Waals surface area contributed by atoms with Crippen LogP contribution in [0.2, 0.25) is 0 Å². The van der Waals surface area contributed by atoms with E-state index in [9.17, 15) is 19.8 Å². The highest BCUT2D eigenvalue weighted by molar-refractivity contribution is 5.92. The molecule has 0 saturated heterocycles. The topological polar surface area (TPSA) is 129 Å². The predicted molar refractivity (Wildman–Crippen MR) is 160 cm³/mol. The number of aliphatic hydroxyl groups is 1. The number of amides is 2. The predicted octanol–water partition coefficient (Wildman–Crippen LogP) is 6.00. The molecule has 2 aliphatic carbocycles. The zero-order valence-corrected chi connectivity index (χ0v) is 23.8. The van der Waals surface area contributed by atoms with Crippen LogP contribution in [0.5, 0.6) is 0 Å². The number of carboxylic acid groups (broad SMARTS) is 1. The van der Waals surface area contributed by atoms with E-state index >= 15 is 0 Å². The van der Waals surface area contributed by atoms with Crippen LogP contribution in [0.15, 0.2) is 66.9 Å². The summed E-state index contributed by atoms with van der Waals surface area (Å²) in [6.45, 7) is 4.16. The number of hydrogen-bond donors (Lipinski definition) is 4.